The summed E-state index contributed by atoms with van der Waals surface area (Å²) in [6.07, 6.45) is 2.29. The Morgan fingerprint density at radius 2 is 2.06 bits per heavy atom. The fourth-order valence-electron chi connectivity index (χ4n) is 2.12. The summed E-state index contributed by atoms with van der Waals surface area (Å²) in [6.45, 7) is 2.89. The summed E-state index contributed by atoms with van der Waals surface area (Å²) in [4.78, 5) is 13.1. The van der Waals surface area contributed by atoms with Gasteiger partial charge in [-0.05, 0) is 17.5 Å². The van der Waals surface area contributed by atoms with Gasteiger partial charge in [0.2, 0.25) is 0 Å². The zero-order valence-electron chi connectivity index (χ0n) is 9.86. The molecule has 1 saturated heterocycles. The number of urea groups is 1. The maximum Gasteiger partial charge on any atom is 0.317 e. The van der Waals surface area contributed by atoms with Crippen LogP contribution in [0.2, 0.25) is 0 Å². The number of hydrogen-bond donors (Lipinski definition) is 1. The van der Waals surface area contributed by atoms with Gasteiger partial charge in [0.15, 0.2) is 0 Å². The molecule has 3 nitrogen and oxygen atoms in total. The lowest BCUT2D eigenvalue weighted by Crippen LogP contribution is -2.25. The fraction of sp³-hybridized carbons (Fsp3) is 0.462. The third-order valence-corrected chi connectivity index (χ3v) is 3.14. The third-order valence-electron chi connectivity index (χ3n) is 3.14. The molecule has 1 unspecified atom stereocenters. The number of nitrogens with one attached hydrogen (secondary N) is 1. The van der Waals surface area contributed by atoms with Gasteiger partial charge in [-0.3, -0.25) is 0 Å². The predicted octanol–water partition coefficient (Wildman–Crippen LogP) is 2.34. The molecule has 1 aliphatic rings. The minimum Gasteiger partial charge on any atom is -0.336 e. The van der Waals surface area contributed by atoms with Crippen LogP contribution in [0.4, 0.5) is 4.79 Å². The molecular formula is C13H18N2O. The zero-order valence-corrected chi connectivity index (χ0v) is 9.86. The van der Waals surface area contributed by atoms with E-state index in [1.807, 2.05) is 7.05 Å². The van der Waals surface area contributed by atoms with Crippen molar-refractivity contribution in [2.45, 2.75) is 25.8 Å². The Bertz CT molecular complexity index is 372. The van der Waals surface area contributed by atoms with Crippen LogP contribution in [0.25, 0.3) is 0 Å². The Balaban J connectivity index is 2.13. The zero-order chi connectivity index (χ0) is 11.5. The molecule has 1 aromatic carbocycles. The molecule has 1 aliphatic heterocycles. The first-order chi connectivity index (χ1) is 7.72. The van der Waals surface area contributed by atoms with Crippen molar-refractivity contribution in [1.82, 2.24) is 10.2 Å². The number of rotatable bonds is 3. The van der Waals surface area contributed by atoms with Gasteiger partial charge in [-0.25, -0.2) is 4.79 Å². The third kappa shape index (κ3) is 2.03. The molecule has 0 bridgehead atoms. The number of aryl methyl sites for hydroxylation is 1. The van der Waals surface area contributed by atoms with Gasteiger partial charge in [-0.2, -0.15) is 0 Å². The molecule has 16 heavy (non-hydrogen) atoms. The lowest BCUT2D eigenvalue weighted by Gasteiger charge is -2.18. The Labute approximate surface area is 96.5 Å². The minimum absolute atomic E-state index is 0.0163. The highest BCUT2D eigenvalue weighted by Crippen LogP contribution is 2.23. The average Bonchev–Trinajstić information content (AvgIpc) is 2.62. The molecule has 2 amide bonds. The topological polar surface area (TPSA) is 32.3 Å². The highest BCUT2D eigenvalue weighted by atomic mass is 16.2. The summed E-state index contributed by atoms with van der Waals surface area (Å²) >= 11 is 0. The highest BCUT2D eigenvalue weighted by Gasteiger charge is 2.28. The number of nitrogens with zero attached hydrogens (tertiary/aromatic N) is 1. The minimum atomic E-state index is 0.0163. The van der Waals surface area contributed by atoms with Crippen LogP contribution < -0.4 is 5.32 Å². The molecule has 1 N–H and O–H groups in total. The summed E-state index contributed by atoms with van der Waals surface area (Å²) in [7, 11) is 1.84. The van der Waals surface area contributed by atoms with Gasteiger partial charge in [0.25, 0.3) is 0 Å². The molecule has 86 valence electrons. The van der Waals surface area contributed by atoms with E-state index in [1.54, 1.807) is 4.90 Å². The van der Waals surface area contributed by atoms with Crippen molar-refractivity contribution in [3.63, 3.8) is 0 Å². The molecule has 3 heteroatoms. The Hall–Kier alpha value is -1.51. The standard InChI is InChI=1S/C13H18N2O/c1-3-4-10-5-7-11(8-6-10)12-9-14-13(16)15(12)2/h5-8,12H,3-4,9H2,1-2H3,(H,14,16). The summed E-state index contributed by atoms with van der Waals surface area (Å²) in [6, 6.07) is 8.79. The van der Waals surface area contributed by atoms with Crippen LogP contribution in [-0.2, 0) is 6.42 Å². The molecule has 1 heterocycles. The second-order valence-electron chi connectivity index (χ2n) is 4.30. The van der Waals surface area contributed by atoms with E-state index in [4.69, 9.17) is 0 Å². The summed E-state index contributed by atoms with van der Waals surface area (Å²) < 4.78 is 0. The predicted molar refractivity (Wildman–Crippen MR) is 64.3 cm³/mol. The molecule has 0 spiro atoms. The molecule has 1 atom stereocenters. The molecular weight excluding hydrogens is 200 g/mol. The average molecular weight is 218 g/mol. The van der Waals surface area contributed by atoms with Crippen LogP contribution in [0.5, 0.6) is 0 Å². The van der Waals surface area contributed by atoms with E-state index in [2.05, 4.69) is 36.5 Å². The number of hydrogen-bond acceptors (Lipinski definition) is 1. The van der Waals surface area contributed by atoms with Gasteiger partial charge in [-0.1, -0.05) is 37.6 Å². The van der Waals surface area contributed by atoms with E-state index in [1.165, 1.54) is 17.5 Å². The molecule has 0 saturated carbocycles. The first-order valence-electron chi connectivity index (χ1n) is 5.82. The van der Waals surface area contributed by atoms with Crippen molar-refractivity contribution >= 4 is 6.03 Å². The second-order valence-corrected chi connectivity index (χ2v) is 4.30. The van der Waals surface area contributed by atoms with Gasteiger partial charge in [-0.15, -0.1) is 0 Å². The first kappa shape index (κ1) is 11.0. The maximum absolute atomic E-state index is 11.3. The number of carbonyl (C=O) groups excluding carboxylic acids is 1. The van der Waals surface area contributed by atoms with Crippen molar-refractivity contribution < 1.29 is 4.79 Å². The van der Waals surface area contributed by atoms with Crippen molar-refractivity contribution in [1.29, 1.82) is 0 Å². The van der Waals surface area contributed by atoms with Gasteiger partial charge in [0.05, 0.1) is 6.04 Å². The van der Waals surface area contributed by atoms with Crippen LogP contribution in [-0.4, -0.2) is 24.5 Å². The summed E-state index contributed by atoms with van der Waals surface area (Å²) in [5.41, 5.74) is 2.58. The van der Waals surface area contributed by atoms with Gasteiger partial charge >= 0.3 is 6.03 Å². The lowest BCUT2D eigenvalue weighted by atomic mass is 10.0. The quantitative estimate of drug-likeness (QED) is 0.829. The molecule has 0 aliphatic carbocycles. The van der Waals surface area contributed by atoms with E-state index >= 15 is 0 Å². The van der Waals surface area contributed by atoms with E-state index in [9.17, 15) is 4.79 Å². The van der Waals surface area contributed by atoms with E-state index in [-0.39, 0.29) is 12.1 Å². The molecule has 0 radical (unpaired) electrons. The number of benzene rings is 1. The van der Waals surface area contributed by atoms with E-state index in [0.717, 1.165) is 6.42 Å². The van der Waals surface area contributed by atoms with Gasteiger partial charge < -0.3 is 10.2 Å². The largest absolute Gasteiger partial charge is 0.336 e. The second kappa shape index (κ2) is 4.56. The van der Waals surface area contributed by atoms with Crippen LogP contribution in [0.3, 0.4) is 0 Å². The smallest absolute Gasteiger partial charge is 0.317 e. The van der Waals surface area contributed by atoms with Crippen molar-refractivity contribution in [2.75, 3.05) is 13.6 Å². The number of amides is 2. The van der Waals surface area contributed by atoms with E-state index in [0.29, 0.717) is 6.54 Å². The van der Waals surface area contributed by atoms with E-state index < -0.39 is 0 Å². The summed E-state index contributed by atoms with van der Waals surface area (Å²) in [5.74, 6) is 0. The molecule has 0 aromatic heterocycles. The molecule has 1 fully saturated rings. The number of carbonyl (C=O) groups is 1. The monoisotopic (exact) mass is 218 g/mol. The molecule has 1 aromatic rings. The van der Waals surface area contributed by atoms with Crippen LogP contribution in [0.15, 0.2) is 24.3 Å². The lowest BCUT2D eigenvalue weighted by molar-refractivity contribution is 0.217. The van der Waals surface area contributed by atoms with Crippen LogP contribution in [0, 0.1) is 0 Å². The SMILES string of the molecule is CCCc1ccc(C2CNC(=O)N2C)cc1. The fourth-order valence-corrected chi connectivity index (χ4v) is 2.12. The van der Waals surface area contributed by atoms with Crippen molar-refractivity contribution in [2.24, 2.45) is 0 Å². The van der Waals surface area contributed by atoms with Crippen molar-refractivity contribution in [3.8, 4) is 0 Å². The summed E-state index contributed by atoms with van der Waals surface area (Å²) in [5, 5.41) is 2.84. The maximum atomic E-state index is 11.3. The van der Waals surface area contributed by atoms with Gasteiger partial charge in [0.1, 0.15) is 0 Å². The van der Waals surface area contributed by atoms with Crippen LogP contribution in [0.1, 0.15) is 30.5 Å². The van der Waals surface area contributed by atoms with Crippen LogP contribution >= 0.6 is 0 Å². The highest BCUT2D eigenvalue weighted by molar-refractivity contribution is 5.76. The Kier molecular flexibility index (Phi) is 3.13. The van der Waals surface area contributed by atoms with Gasteiger partial charge in [0, 0.05) is 13.6 Å². The normalized spacial score (nSPS) is 20.0. The Morgan fingerprint density at radius 1 is 1.38 bits per heavy atom. The molecule has 2 rings (SSSR count). The van der Waals surface area contributed by atoms with Crippen molar-refractivity contribution in [3.05, 3.63) is 35.4 Å². The Morgan fingerprint density at radius 3 is 2.56 bits per heavy atom. The number of likely N-dealkylation sites (N-methyl/N-ethyl adjacent to an activating group) is 1. The first-order valence-corrected chi connectivity index (χ1v) is 5.82.